The molecule has 2 heterocycles. The van der Waals surface area contributed by atoms with Gasteiger partial charge in [0.1, 0.15) is 6.17 Å². The highest BCUT2D eigenvalue weighted by atomic mass is 19.1. The Morgan fingerprint density at radius 1 is 1.64 bits per heavy atom. The number of anilines is 1. The summed E-state index contributed by atoms with van der Waals surface area (Å²) < 4.78 is 18.3. The Kier molecular flexibility index (Phi) is 2.37. The first-order valence-corrected chi connectivity index (χ1v) is 4.61. The number of nitrogens with two attached hydrogens (primary N) is 1. The second-order valence-electron chi connectivity index (χ2n) is 3.48. The summed E-state index contributed by atoms with van der Waals surface area (Å²) in [6, 6.07) is 0.350. The second kappa shape index (κ2) is 3.53. The van der Waals surface area contributed by atoms with Crippen LogP contribution in [0.3, 0.4) is 0 Å². The first kappa shape index (κ1) is 9.39. The maximum Gasteiger partial charge on any atom is 0.318 e. The van der Waals surface area contributed by atoms with Crippen molar-refractivity contribution in [2.24, 2.45) is 5.73 Å². The van der Waals surface area contributed by atoms with Crippen molar-refractivity contribution in [2.75, 3.05) is 18.0 Å². The van der Waals surface area contributed by atoms with Crippen LogP contribution >= 0.6 is 0 Å². The van der Waals surface area contributed by atoms with Gasteiger partial charge in [0.25, 0.3) is 0 Å². The van der Waals surface area contributed by atoms with Crippen LogP contribution in [0.5, 0.6) is 0 Å². The molecule has 0 spiro atoms. The fourth-order valence-corrected chi connectivity index (χ4v) is 1.72. The summed E-state index contributed by atoms with van der Waals surface area (Å²) in [7, 11) is 0. The summed E-state index contributed by atoms with van der Waals surface area (Å²) in [5.41, 5.74) is 5.53. The van der Waals surface area contributed by atoms with Gasteiger partial charge in [-0.25, -0.2) is 4.39 Å². The van der Waals surface area contributed by atoms with Gasteiger partial charge in [0, 0.05) is 25.9 Å². The highest BCUT2D eigenvalue weighted by Gasteiger charge is 2.34. The van der Waals surface area contributed by atoms with Gasteiger partial charge in [0.2, 0.25) is 5.89 Å². The number of hydrogen-bond acceptors (Lipinski definition) is 5. The lowest BCUT2D eigenvalue weighted by molar-refractivity contribution is 0.356. The fourth-order valence-electron chi connectivity index (χ4n) is 1.72. The van der Waals surface area contributed by atoms with Crippen molar-refractivity contribution in [1.29, 1.82) is 0 Å². The molecule has 1 aliphatic heterocycles. The molecule has 2 rings (SSSR count). The van der Waals surface area contributed by atoms with Crippen LogP contribution in [0.1, 0.15) is 12.3 Å². The summed E-state index contributed by atoms with van der Waals surface area (Å²) in [5, 5.41) is 7.55. The van der Waals surface area contributed by atoms with E-state index in [9.17, 15) is 4.39 Å². The maximum atomic E-state index is 13.1. The summed E-state index contributed by atoms with van der Waals surface area (Å²) >= 11 is 0. The first-order valence-electron chi connectivity index (χ1n) is 4.61. The van der Waals surface area contributed by atoms with Crippen LogP contribution in [-0.4, -0.2) is 35.5 Å². The molecule has 0 aliphatic carbocycles. The number of hydrogen-bond donors (Lipinski definition) is 1. The minimum absolute atomic E-state index is 0.0233. The number of aromatic nitrogens is 2. The molecule has 1 aromatic rings. The van der Waals surface area contributed by atoms with E-state index in [-0.39, 0.29) is 6.04 Å². The van der Waals surface area contributed by atoms with E-state index in [1.807, 2.05) is 0 Å². The fraction of sp³-hybridized carbons (Fsp3) is 0.750. The summed E-state index contributed by atoms with van der Waals surface area (Å²) in [6.45, 7) is 2.41. The molecule has 1 aliphatic rings. The Labute approximate surface area is 81.1 Å². The molecule has 78 valence electrons. The molecule has 0 saturated carbocycles. The molecular formula is C8H13FN4O. The van der Waals surface area contributed by atoms with Crippen molar-refractivity contribution in [2.45, 2.75) is 25.6 Å². The van der Waals surface area contributed by atoms with Gasteiger partial charge in [0.05, 0.1) is 6.54 Å². The van der Waals surface area contributed by atoms with E-state index in [2.05, 4.69) is 10.2 Å². The average Bonchev–Trinajstić information content (AvgIpc) is 2.71. The third-order valence-electron chi connectivity index (χ3n) is 2.40. The van der Waals surface area contributed by atoms with E-state index in [0.717, 1.165) is 0 Å². The molecule has 0 amide bonds. The van der Waals surface area contributed by atoms with Crippen molar-refractivity contribution in [3.05, 3.63) is 5.89 Å². The van der Waals surface area contributed by atoms with Gasteiger partial charge in [-0.05, 0) is 0 Å². The van der Waals surface area contributed by atoms with E-state index in [1.165, 1.54) is 0 Å². The molecule has 1 fully saturated rings. The molecule has 1 saturated heterocycles. The second-order valence-corrected chi connectivity index (χ2v) is 3.48. The quantitative estimate of drug-likeness (QED) is 0.741. The lowest BCUT2D eigenvalue weighted by Gasteiger charge is -2.19. The highest BCUT2D eigenvalue weighted by Crippen LogP contribution is 2.25. The molecule has 0 aromatic carbocycles. The Morgan fingerprint density at radius 3 is 3.00 bits per heavy atom. The van der Waals surface area contributed by atoms with Crippen LogP contribution < -0.4 is 10.6 Å². The minimum atomic E-state index is -0.851. The lowest BCUT2D eigenvalue weighted by atomic mass is 10.2. The van der Waals surface area contributed by atoms with Crippen LogP contribution in [0.25, 0.3) is 0 Å². The third-order valence-corrected chi connectivity index (χ3v) is 2.40. The lowest BCUT2D eigenvalue weighted by Crippen LogP contribution is -2.35. The van der Waals surface area contributed by atoms with Crippen molar-refractivity contribution < 1.29 is 8.81 Å². The van der Waals surface area contributed by atoms with Crippen molar-refractivity contribution in [1.82, 2.24) is 10.2 Å². The van der Waals surface area contributed by atoms with Crippen LogP contribution in [0.2, 0.25) is 0 Å². The molecule has 0 radical (unpaired) electrons. The molecule has 1 aromatic heterocycles. The van der Waals surface area contributed by atoms with E-state index in [4.69, 9.17) is 10.2 Å². The van der Waals surface area contributed by atoms with Gasteiger partial charge < -0.3 is 15.1 Å². The number of alkyl halides is 1. The van der Waals surface area contributed by atoms with Gasteiger partial charge in [-0.3, -0.25) is 0 Å². The van der Waals surface area contributed by atoms with Gasteiger partial charge >= 0.3 is 6.01 Å². The van der Waals surface area contributed by atoms with E-state index >= 15 is 0 Å². The van der Waals surface area contributed by atoms with Crippen molar-refractivity contribution in [3.63, 3.8) is 0 Å². The van der Waals surface area contributed by atoms with E-state index in [0.29, 0.717) is 31.4 Å². The Morgan fingerprint density at radius 2 is 2.43 bits per heavy atom. The summed E-state index contributed by atoms with van der Waals surface area (Å²) in [4.78, 5) is 1.74. The largest absolute Gasteiger partial charge is 0.408 e. The molecule has 6 heteroatoms. The molecule has 2 unspecified atom stereocenters. The minimum Gasteiger partial charge on any atom is -0.408 e. The first-order chi connectivity index (χ1) is 6.70. The molecule has 2 atom stereocenters. The highest BCUT2D eigenvalue weighted by molar-refractivity contribution is 5.30. The normalized spacial score (nSPS) is 27.2. The van der Waals surface area contributed by atoms with Crippen molar-refractivity contribution >= 4 is 6.01 Å². The Balaban J connectivity index is 2.17. The topological polar surface area (TPSA) is 68.2 Å². The van der Waals surface area contributed by atoms with E-state index in [1.54, 1.807) is 11.8 Å². The number of halogens is 1. The maximum absolute atomic E-state index is 13.1. The Bertz CT molecular complexity index is 316. The predicted octanol–water partition coefficient (Wildman–Crippen LogP) is 0.254. The average molecular weight is 200 g/mol. The summed E-state index contributed by atoms with van der Waals surface area (Å²) in [6.07, 6.45) is -0.409. The Hall–Kier alpha value is -1.17. The van der Waals surface area contributed by atoms with Crippen LogP contribution in [0, 0.1) is 6.92 Å². The van der Waals surface area contributed by atoms with Crippen LogP contribution in [0.4, 0.5) is 10.4 Å². The monoisotopic (exact) mass is 200 g/mol. The standard InChI is InChI=1S/C8H13FN4O/c1-5-11-12-8(14-5)13-4-6(9)2-7(13)3-10/h6-7H,2-4,10H2,1H3. The smallest absolute Gasteiger partial charge is 0.318 e. The zero-order valence-electron chi connectivity index (χ0n) is 7.98. The van der Waals surface area contributed by atoms with Crippen LogP contribution in [-0.2, 0) is 0 Å². The van der Waals surface area contributed by atoms with Gasteiger partial charge in [-0.1, -0.05) is 5.10 Å². The van der Waals surface area contributed by atoms with Crippen LogP contribution in [0.15, 0.2) is 4.42 Å². The SMILES string of the molecule is Cc1nnc(N2CC(F)CC2CN)o1. The zero-order valence-corrected chi connectivity index (χ0v) is 7.98. The van der Waals surface area contributed by atoms with Gasteiger partial charge in [0.15, 0.2) is 0 Å². The molecular weight excluding hydrogens is 187 g/mol. The van der Waals surface area contributed by atoms with Gasteiger partial charge in [-0.15, -0.1) is 5.10 Å². The number of nitrogens with zero attached hydrogens (tertiary/aromatic N) is 3. The molecule has 14 heavy (non-hydrogen) atoms. The number of rotatable bonds is 2. The van der Waals surface area contributed by atoms with Crippen molar-refractivity contribution in [3.8, 4) is 0 Å². The van der Waals surface area contributed by atoms with Gasteiger partial charge in [-0.2, -0.15) is 0 Å². The predicted molar refractivity (Wildman–Crippen MR) is 48.7 cm³/mol. The third kappa shape index (κ3) is 1.57. The molecule has 2 N–H and O–H groups in total. The van der Waals surface area contributed by atoms with E-state index < -0.39 is 6.17 Å². The zero-order chi connectivity index (χ0) is 10.1. The summed E-state index contributed by atoms with van der Waals surface area (Å²) in [5.74, 6) is 0.484. The molecule has 5 nitrogen and oxygen atoms in total. The molecule has 0 bridgehead atoms. The number of aryl methyl sites for hydroxylation is 1.